The zero-order chi connectivity index (χ0) is 4.41. The summed E-state index contributed by atoms with van der Waals surface area (Å²) in [7, 11) is 0. The Morgan fingerprint density at radius 2 is 2.83 bits per heavy atom. The van der Waals surface area contributed by atoms with E-state index in [1.165, 1.54) is 0 Å². The molecule has 0 amide bonds. The quantitative estimate of drug-likeness (QED) is 0.354. The molecule has 1 aliphatic heterocycles. The van der Waals surface area contributed by atoms with Gasteiger partial charge < -0.3 is 4.74 Å². The van der Waals surface area contributed by atoms with Crippen LogP contribution in [-0.4, -0.2) is 12.2 Å². The summed E-state index contributed by atoms with van der Waals surface area (Å²) in [5, 5.41) is 2.81. The maximum atomic E-state index is 5.35. The molecule has 0 aromatic carbocycles. The number of halogens is 1. The second-order valence-corrected chi connectivity index (χ2v) is 1.42. The first-order valence-corrected chi connectivity index (χ1v) is 2.18. The predicted octanol–water partition coefficient (Wildman–Crippen LogP) is 0.290. The van der Waals surface area contributed by atoms with Gasteiger partial charge in [0.05, 0.1) is 0 Å². The van der Waals surface area contributed by atoms with Crippen molar-refractivity contribution in [1.82, 2.24) is 5.32 Å². The summed E-state index contributed by atoms with van der Waals surface area (Å²) >= 11 is 5.35. The Morgan fingerprint density at radius 1 is 2.00 bits per heavy atom. The van der Waals surface area contributed by atoms with E-state index in [4.69, 9.17) is 11.6 Å². The largest absolute Gasteiger partial charge is 0.342 e. The third-order valence-corrected chi connectivity index (χ3v) is 0.835. The van der Waals surface area contributed by atoms with E-state index >= 15 is 0 Å². The highest BCUT2D eigenvalue weighted by Gasteiger charge is 2.08. The Bertz CT molecular complexity index is 44.1. The summed E-state index contributed by atoms with van der Waals surface area (Å²) in [5.41, 5.74) is -0.287. The zero-order valence-corrected chi connectivity index (χ0v) is 3.90. The predicted molar refractivity (Wildman–Crippen MR) is 23.0 cm³/mol. The molecule has 1 fully saturated rings. The lowest BCUT2D eigenvalue weighted by Crippen LogP contribution is -2.14. The van der Waals surface area contributed by atoms with Gasteiger partial charge in [0.15, 0.2) is 5.69 Å². The van der Waals surface area contributed by atoms with Crippen LogP contribution in [0.25, 0.3) is 0 Å². The Kier molecular flexibility index (Phi) is 1.29. The fourth-order valence-corrected chi connectivity index (χ4v) is 0.483. The third kappa shape index (κ3) is 0.834. The number of hydrogen-bond acceptors (Lipinski definition) is 2. The van der Waals surface area contributed by atoms with Gasteiger partial charge in [-0.15, -0.1) is 0 Å². The van der Waals surface area contributed by atoms with Gasteiger partial charge in [-0.25, -0.2) is 0 Å². The maximum absolute atomic E-state index is 5.35. The summed E-state index contributed by atoms with van der Waals surface area (Å²) in [6.45, 7) is 2.39. The molecule has 0 spiro atoms. The van der Waals surface area contributed by atoms with Crippen LogP contribution in [0.3, 0.4) is 0 Å². The van der Waals surface area contributed by atoms with E-state index in [1.54, 1.807) is 6.61 Å². The van der Waals surface area contributed by atoms with Crippen molar-refractivity contribution in [3.8, 4) is 0 Å². The average Bonchev–Trinajstić information content (AvgIpc) is 1.86. The van der Waals surface area contributed by atoms with Crippen molar-refractivity contribution in [3.63, 3.8) is 0 Å². The summed E-state index contributed by atoms with van der Waals surface area (Å²) in [6, 6.07) is 0. The minimum absolute atomic E-state index is 0.287. The number of hydrogen-bond donors (Lipinski definition) is 1. The highest BCUT2D eigenvalue weighted by atomic mass is 35.5. The van der Waals surface area contributed by atoms with Crippen LogP contribution in [0.2, 0.25) is 0 Å². The van der Waals surface area contributed by atoms with Crippen LogP contribution < -0.4 is 5.32 Å². The van der Waals surface area contributed by atoms with E-state index < -0.39 is 0 Å². The molecule has 6 heavy (non-hydrogen) atoms. The number of alkyl halides is 1. The smallest absolute Gasteiger partial charge is 0.185 e. The molecule has 0 saturated carbocycles. The van der Waals surface area contributed by atoms with Crippen molar-refractivity contribution in [2.24, 2.45) is 0 Å². The van der Waals surface area contributed by atoms with Crippen molar-refractivity contribution in [1.29, 1.82) is 0 Å². The minimum Gasteiger partial charge on any atom is -0.342 e. The van der Waals surface area contributed by atoms with E-state index in [0.717, 1.165) is 6.54 Å². The van der Waals surface area contributed by atoms with E-state index in [0.29, 0.717) is 0 Å². The first-order chi connectivity index (χ1) is 2.89. The Labute approximate surface area is 41.4 Å². The fourth-order valence-electron chi connectivity index (χ4n) is 0.321. The Morgan fingerprint density at radius 3 is 3.00 bits per heavy atom. The maximum Gasteiger partial charge on any atom is 0.185 e. The van der Waals surface area contributed by atoms with E-state index in [1.807, 2.05) is 0 Å². The Hall–Kier alpha value is 0.210. The first kappa shape index (κ1) is 4.37. The molecule has 0 aliphatic carbocycles. The second-order valence-electron chi connectivity index (χ2n) is 1.03. The minimum atomic E-state index is -0.287. The summed E-state index contributed by atoms with van der Waals surface area (Å²) in [4.78, 5) is 0. The van der Waals surface area contributed by atoms with Crippen LogP contribution in [0, 0.1) is 6.61 Å². The molecule has 1 radical (unpaired) electrons. The molecule has 0 aromatic heterocycles. The molecular weight excluding hydrogens is 101 g/mol. The van der Waals surface area contributed by atoms with Crippen LogP contribution >= 0.6 is 11.6 Å². The van der Waals surface area contributed by atoms with Crippen molar-refractivity contribution in [2.45, 2.75) is 5.69 Å². The van der Waals surface area contributed by atoms with E-state index in [2.05, 4.69) is 10.1 Å². The van der Waals surface area contributed by atoms with Crippen molar-refractivity contribution >= 4 is 11.6 Å². The van der Waals surface area contributed by atoms with Crippen molar-refractivity contribution in [3.05, 3.63) is 6.61 Å². The lowest BCUT2D eigenvalue weighted by molar-refractivity contribution is 0.210. The van der Waals surface area contributed by atoms with Gasteiger partial charge in [-0.1, -0.05) is 11.6 Å². The van der Waals surface area contributed by atoms with Gasteiger partial charge in [0.25, 0.3) is 0 Å². The molecule has 1 atom stereocenters. The van der Waals surface area contributed by atoms with Gasteiger partial charge in [0.1, 0.15) is 6.61 Å². The average molecular weight is 107 g/mol. The molecule has 2 nitrogen and oxygen atoms in total. The zero-order valence-electron chi connectivity index (χ0n) is 3.15. The normalized spacial score (nSPS) is 34.5. The second kappa shape index (κ2) is 1.78. The molecule has 1 heterocycles. The number of rotatable bonds is 0. The number of nitrogens with one attached hydrogen (secondary N) is 1. The van der Waals surface area contributed by atoms with Crippen LogP contribution in [0.15, 0.2) is 0 Å². The van der Waals surface area contributed by atoms with Crippen LogP contribution in [0.5, 0.6) is 0 Å². The molecule has 1 aliphatic rings. The molecule has 3 heteroatoms. The molecule has 0 bridgehead atoms. The van der Waals surface area contributed by atoms with Crippen molar-refractivity contribution in [2.75, 3.05) is 6.54 Å². The lowest BCUT2D eigenvalue weighted by Gasteiger charge is -1.92. The topological polar surface area (TPSA) is 21.3 Å². The van der Waals surface area contributed by atoms with Gasteiger partial charge >= 0.3 is 0 Å². The monoisotopic (exact) mass is 106 g/mol. The highest BCUT2D eigenvalue weighted by Crippen LogP contribution is 2.01. The molecular formula is C3H5ClNO. The van der Waals surface area contributed by atoms with Crippen molar-refractivity contribution < 1.29 is 4.74 Å². The molecule has 1 N–H and O–H groups in total. The van der Waals surface area contributed by atoms with Crippen LogP contribution in [0.4, 0.5) is 0 Å². The number of ether oxygens (including phenoxy) is 1. The molecule has 1 saturated heterocycles. The first-order valence-electron chi connectivity index (χ1n) is 1.74. The fraction of sp³-hybridized carbons (Fsp3) is 0.667. The molecule has 1 rings (SSSR count). The SMILES string of the molecule is ClC1NC[CH]O1. The molecule has 0 aromatic rings. The van der Waals surface area contributed by atoms with E-state index in [9.17, 15) is 0 Å². The third-order valence-electron chi connectivity index (χ3n) is 0.577. The summed E-state index contributed by atoms with van der Waals surface area (Å²) in [5.74, 6) is 0. The van der Waals surface area contributed by atoms with Gasteiger partial charge in [-0.05, 0) is 0 Å². The van der Waals surface area contributed by atoms with E-state index in [-0.39, 0.29) is 5.69 Å². The summed E-state index contributed by atoms with van der Waals surface area (Å²) < 4.78 is 4.68. The molecule has 1 unspecified atom stereocenters. The highest BCUT2D eigenvalue weighted by molar-refractivity contribution is 6.19. The van der Waals surface area contributed by atoms with Crippen LogP contribution in [0.1, 0.15) is 0 Å². The summed E-state index contributed by atoms with van der Waals surface area (Å²) in [6.07, 6.45) is 0. The molecule has 35 valence electrons. The van der Waals surface area contributed by atoms with Crippen LogP contribution in [-0.2, 0) is 4.74 Å². The van der Waals surface area contributed by atoms with Gasteiger partial charge in [0.2, 0.25) is 0 Å². The Balaban J connectivity index is 2.18. The standard InChI is InChI=1S/C3H5ClNO/c4-3-5-1-2-6-3/h2-3,5H,1H2. The van der Waals surface area contributed by atoms with Gasteiger partial charge in [-0.3, -0.25) is 5.32 Å². The lowest BCUT2D eigenvalue weighted by atomic mass is 10.7. The van der Waals surface area contributed by atoms with Gasteiger partial charge in [0, 0.05) is 6.54 Å². The van der Waals surface area contributed by atoms with Gasteiger partial charge in [-0.2, -0.15) is 0 Å².